The number of esters is 3. The van der Waals surface area contributed by atoms with E-state index in [0.29, 0.717) is 19.3 Å². The molecule has 0 saturated carbocycles. The monoisotopic (exact) mass is 977 g/mol. The molecule has 0 spiro atoms. The van der Waals surface area contributed by atoms with Gasteiger partial charge in [-0.05, 0) is 89.9 Å². The molecule has 0 aliphatic carbocycles. The van der Waals surface area contributed by atoms with Gasteiger partial charge in [0.25, 0.3) is 0 Å². The Bertz CT molecular complexity index is 1310. The number of carbonyl (C=O) groups is 3. The number of hydrogen-bond acceptors (Lipinski definition) is 6. The van der Waals surface area contributed by atoms with E-state index in [1.807, 2.05) is 0 Å². The maximum absolute atomic E-state index is 12.8. The summed E-state index contributed by atoms with van der Waals surface area (Å²) in [7, 11) is 0. The molecule has 0 rings (SSSR count). The summed E-state index contributed by atoms with van der Waals surface area (Å²) in [5, 5.41) is 0. The maximum atomic E-state index is 12.8. The fourth-order valence-corrected chi connectivity index (χ4v) is 8.47. The quantitative estimate of drug-likeness (QED) is 0.0261. The molecular formula is C64H112O6. The number of rotatable bonds is 54. The molecule has 0 heterocycles. The van der Waals surface area contributed by atoms with Crippen LogP contribution in [0.3, 0.4) is 0 Å². The van der Waals surface area contributed by atoms with E-state index in [2.05, 4.69) is 93.7 Å². The van der Waals surface area contributed by atoms with Crippen molar-refractivity contribution < 1.29 is 28.6 Å². The van der Waals surface area contributed by atoms with Crippen LogP contribution < -0.4 is 0 Å². The van der Waals surface area contributed by atoms with E-state index >= 15 is 0 Å². The van der Waals surface area contributed by atoms with Crippen molar-refractivity contribution in [3.05, 3.63) is 72.9 Å². The lowest BCUT2D eigenvalue weighted by Crippen LogP contribution is -2.30. The standard InChI is InChI=1S/C64H112O6/c1-4-7-10-13-16-18-20-22-24-26-27-28-29-30-31-32-33-34-35-36-37-39-40-42-44-46-48-51-54-57-63(66)69-60-61(59-68-62(65)56-53-50-15-12-9-6-3)70-64(67)58-55-52-49-47-45-43-41-38-25-23-21-19-17-14-11-8-5-2/h7,10,16-19,22-25,27-28,61H,4-6,8-9,11-15,20-21,26,29-60H2,1-3H3/b10-7-,18-16-,19-17-,24-22-,25-23-,28-27-. The molecule has 0 aromatic rings. The van der Waals surface area contributed by atoms with Crippen molar-refractivity contribution in [1.82, 2.24) is 0 Å². The number of ether oxygens (including phenoxy) is 3. The SMILES string of the molecule is CC/C=C\C/C=C\C/C=C\C/C=C\CCCCCCCCCCCCCCCCCCC(=O)OCC(COC(=O)CCCCCCCC)OC(=O)CCCCCCCCC/C=C\C/C=C\CCCCC. The van der Waals surface area contributed by atoms with E-state index in [1.54, 1.807) is 0 Å². The second-order valence-corrected chi connectivity index (χ2v) is 19.9. The molecule has 6 heteroatoms. The van der Waals surface area contributed by atoms with Crippen molar-refractivity contribution in [1.29, 1.82) is 0 Å². The van der Waals surface area contributed by atoms with Crippen LogP contribution in [-0.4, -0.2) is 37.2 Å². The van der Waals surface area contributed by atoms with Crippen molar-refractivity contribution in [3.63, 3.8) is 0 Å². The average molecular weight is 978 g/mol. The molecule has 404 valence electrons. The second kappa shape index (κ2) is 58.4. The van der Waals surface area contributed by atoms with E-state index in [1.165, 1.54) is 161 Å². The van der Waals surface area contributed by atoms with E-state index < -0.39 is 6.10 Å². The Kier molecular flexibility index (Phi) is 55.8. The van der Waals surface area contributed by atoms with Crippen LogP contribution in [0.15, 0.2) is 72.9 Å². The van der Waals surface area contributed by atoms with Gasteiger partial charge in [0.1, 0.15) is 13.2 Å². The zero-order chi connectivity index (χ0) is 50.7. The zero-order valence-corrected chi connectivity index (χ0v) is 46.3. The van der Waals surface area contributed by atoms with Crippen molar-refractivity contribution in [2.24, 2.45) is 0 Å². The van der Waals surface area contributed by atoms with Gasteiger partial charge in [0, 0.05) is 19.3 Å². The highest BCUT2D eigenvalue weighted by Gasteiger charge is 2.19. The van der Waals surface area contributed by atoms with Crippen LogP contribution in [-0.2, 0) is 28.6 Å². The van der Waals surface area contributed by atoms with E-state index in [-0.39, 0.29) is 31.1 Å². The summed E-state index contributed by atoms with van der Waals surface area (Å²) in [6.07, 6.45) is 75.1. The van der Waals surface area contributed by atoms with Gasteiger partial charge in [0.05, 0.1) is 0 Å². The van der Waals surface area contributed by atoms with Gasteiger partial charge in [0.15, 0.2) is 6.10 Å². The van der Waals surface area contributed by atoms with Gasteiger partial charge in [0.2, 0.25) is 0 Å². The molecule has 0 radical (unpaired) electrons. The van der Waals surface area contributed by atoms with Crippen LogP contribution in [0, 0.1) is 0 Å². The predicted molar refractivity (Wildman–Crippen MR) is 302 cm³/mol. The topological polar surface area (TPSA) is 78.9 Å². The Morgan fingerprint density at radius 3 is 0.900 bits per heavy atom. The minimum atomic E-state index is -0.774. The highest BCUT2D eigenvalue weighted by Crippen LogP contribution is 2.16. The fraction of sp³-hybridized carbons (Fsp3) is 0.766. The maximum Gasteiger partial charge on any atom is 0.306 e. The predicted octanol–water partition coefficient (Wildman–Crippen LogP) is 20.2. The molecule has 0 bridgehead atoms. The summed E-state index contributed by atoms with van der Waals surface area (Å²) >= 11 is 0. The Morgan fingerprint density at radius 1 is 0.300 bits per heavy atom. The molecule has 0 fully saturated rings. The van der Waals surface area contributed by atoms with Gasteiger partial charge in [-0.2, -0.15) is 0 Å². The molecule has 70 heavy (non-hydrogen) atoms. The summed E-state index contributed by atoms with van der Waals surface area (Å²) in [4.78, 5) is 37.9. The first-order chi connectivity index (χ1) is 34.5. The smallest absolute Gasteiger partial charge is 0.306 e. The van der Waals surface area contributed by atoms with E-state index in [9.17, 15) is 14.4 Å². The summed E-state index contributed by atoms with van der Waals surface area (Å²) < 4.78 is 16.8. The van der Waals surface area contributed by atoms with Gasteiger partial charge in [-0.25, -0.2) is 0 Å². The molecule has 0 aromatic heterocycles. The van der Waals surface area contributed by atoms with Crippen molar-refractivity contribution >= 4 is 17.9 Å². The molecule has 0 N–H and O–H groups in total. The normalized spacial score (nSPS) is 12.6. The summed E-state index contributed by atoms with van der Waals surface area (Å²) in [6.45, 7) is 6.46. The van der Waals surface area contributed by atoms with E-state index in [4.69, 9.17) is 14.2 Å². The lowest BCUT2D eigenvalue weighted by molar-refractivity contribution is -0.167. The van der Waals surface area contributed by atoms with Crippen LogP contribution in [0.2, 0.25) is 0 Å². The van der Waals surface area contributed by atoms with Crippen molar-refractivity contribution in [2.45, 2.75) is 303 Å². The second-order valence-electron chi connectivity index (χ2n) is 19.9. The Hall–Kier alpha value is -3.15. The highest BCUT2D eigenvalue weighted by atomic mass is 16.6. The molecule has 0 saturated heterocycles. The van der Waals surface area contributed by atoms with Crippen LogP contribution in [0.4, 0.5) is 0 Å². The van der Waals surface area contributed by atoms with Gasteiger partial charge in [-0.1, -0.05) is 261 Å². The number of allylic oxidation sites excluding steroid dienone is 12. The van der Waals surface area contributed by atoms with Crippen molar-refractivity contribution in [2.75, 3.05) is 13.2 Å². The fourth-order valence-electron chi connectivity index (χ4n) is 8.47. The van der Waals surface area contributed by atoms with E-state index in [0.717, 1.165) is 96.3 Å². The molecule has 1 unspecified atom stereocenters. The lowest BCUT2D eigenvalue weighted by atomic mass is 10.0. The first-order valence-electron chi connectivity index (χ1n) is 29.9. The van der Waals surface area contributed by atoms with Gasteiger partial charge in [-0.15, -0.1) is 0 Å². The summed E-state index contributed by atoms with van der Waals surface area (Å²) in [5.41, 5.74) is 0. The summed E-state index contributed by atoms with van der Waals surface area (Å²) in [6, 6.07) is 0. The molecule has 0 aromatic carbocycles. The largest absolute Gasteiger partial charge is 0.462 e. The molecule has 0 amide bonds. The average Bonchev–Trinajstić information content (AvgIpc) is 3.36. The van der Waals surface area contributed by atoms with Gasteiger partial charge < -0.3 is 14.2 Å². The number of carbonyl (C=O) groups excluding carboxylic acids is 3. The molecule has 0 aliphatic rings. The zero-order valence-electron chi connectivity index (χ0n) is 46.3. The minimum Gasteiger partial charge on any atom is -0.462 e. The van der Waals surface area contributed by atoms with Crippen LogP contribution >= 0.6 is 0 Å². The van der Waals surface area contributed by atoms with Crippen LogP contribution in [0.5, 0.6) is 0 Å². The molecule has 1 atom stereocenters. The Labute approximate surface area is 433 Å². The van der Waals surface area contributed by atoms with Crippen molar-refractivity contribution in [3.8, 4) is 0 Å². The van der Waals surface area contributed by atoms with Crippen LogP contribution in [0.1, 0.15) is 297 Å². The van der Waals surface area contributed by atoms with Gasteiger partial charge >= 0.3 is 17.9 Å². The highest BCUT2D eigenvalue weighted by molar-refractivity contribution is 5.71. The van der Waals surface area contributed by atoms with Crippen LogP contribution in [0.25, 0.3) is 0 Å². The minimum absolute atomic E-state index is 0.0758. The Morgan fingerprint density at radius 2 is 0.557 bits per heavy atom. The third-order valence-electron chi connectivity index (χ3n) is 12.9. The first-order valence-corrected chi connectivity index (χ1v) is 29.9. The lowest BCUT2D eigenvalue weighted by Gasteiger charge is -2.18. The molecule has 0 aliphatic heterocycles. The number of unbranched alkanes of at least 4 members (excludes halogenated alkanes) is 31. The third kappa shape index (κ3) is 55.8. The molecular weight excluding hydrogens is 865 g/mol. The Balaban J connectivity index is 4.05. The first kappa shape index (κ1) is 66.9. The summed E-state index contributed by atoms with van der Waals surface area (Å²) in [5.74, 6) is -0.884. The van der Waals surface area contributed by atoms with Gasteiger partial charge in [-0.3, -0.25) is 14.4 Å². The molecule has 6 nitrogen and oxygen atoms in total. The third-order valence-corrected chi connectivity index (χ3v) is 12.9. The number of hydrogen-bond donors (Lipinski definition) is 0.